The number of ether oxygens (including phenoxy) is 1. The van der Waals surface area contributed by atoms with Gasteiger partial charge < -0.3 is 14.5 Å². The fourth-order valence-electron chi connectivity index (χ4n) is 2.72. The minimum Gasteiger partial charge on any atom is -0.463 e. The predicted molar refractivity (Wildman–Crippen MR) is 76.8 cm³/mol. The number of amides is 1. The molecule has 1 atom stereocenters. The van der Waals surface area contributed by atoms with E-state index in [4.69, 9.17) is 4.42 Å². The lowest BCUT2D eigenvalue weighted by Crippen LogP contribution is -2.40. The molecule has 0 aliphatic carbocycles. The van der Waals surface area contributed by atoms with Crippen LogP contribution in [0.1, 0.15) is 42.1 Å². The summed E-state index contributed by atoms with van der Waals surface area (Å²) >= 11 is 0. The number of furan rings is 1. The maximum absolute atomic E-state index is 11.6. The van der Waals surface area contributed by atoms with Crippen molar-refractivity contribution in [3.8, 4) is 0 Å². The molecule has 0 saturated carbocycles. The average Bonchev–Trinajstić information content (AvgIpc) is 3.02. The third kappa shape index (κ3) is 3.44. The van der Waals surface area contributed by atoms with Gasteiger partial charge >= 0.3 is 5.97 Å². The molecule has 2 heterocycles. The predicted octanol–water partition coefficient (Wildman–Crippen LogP) is 1.59. The van der Waals surface area contributed by atoms with Crippen LogP contribution < -0.4 is 5.32 Å². The lowest BCUT2D eigenvalue weighted by atomic mass is 9.95. The summed E-state index contributed by atoms with van der Waals surface area (Å²) in [6.07, 6.45) is 1.68. The maximum Gasteiger partial charge on any atom is 0.373 e. The Labute approximate surface area is 124 Å². The van der Waals surface area contributed by atoms with Gasteiger partial charge in [-0.25, -0.2) is 4.79 Å². The molecule has 1 aliphatic heterocycles. The molecule has 21 heavy (non-hydrogen) atoms. The van der Waals surface area contributed by atoms with Gasteiger partial charge in [0.2, 0.25) is 11.7 Å². The Bertz CT molecular complexity index is 504. The van der Waals surface area contributed by atoms with Crippen molar-refractivity contribution in [2.75, 3.05) is 27.2 Å². The number of rotatable bonds is 4. The van der Waals surface area contributed by atoms with Gasteiger partial charge in [0, 0.05) is 13.0 Å². The van der Waals surface area contributed by atoms with Gasteiger partial charge in [-0.2, -0.15) is 0 Å². The van der Waals surface area contributed by atoms with E-state index in [1.165, 1.54) is 7.11 Å². The molecule has 0 spiro atoms. The Morgan fingerprint density at radius 2 is 2.05 bits per heavy atom. The van der Waals surface area contributed by atoms with E-state index < -0.39 is 5.97 Å². The molecule has 1 unspecified atom stereocenters. The second-order valence-corrected chi connectivity index (χ2v) is 5.29. The molecule has 1 aromatic rings. The summed E-state index contributed by atoms with van der Waals surface area (Å²) in [5, 5.41) is 2.71. The first-order valence-electron chi connectivity index (χ1n) is 7.20. The first-order valence-corrected chi connectivity index (χ1v) is 7.20. The number of esters is 1. The highest BCUT2D eigenvalue weighted by atomic mass is 16.5. The zero-order valence-electron chi connectivity index (χ0n) is 12.7. The van der Waals surface area contributed by atoms with Crippen LogP contribution in [0.25, 0.3) is 0 Å². The van der Waals surface area contributed by atoms with Crippen LogP contribution in [0, 0.1) is 5.92 Å². The summed E-state index contributed by atoms with van der Waals surface area (Å²) in [5.74, 6) is 0.717. The molecule has 1 saturated heterocycles. The molecule has 1 amide bonds. The topological polar surface area (TPSA) is 71.8 Å². The summed E-state index contributed by atoms with van der Waals surface area (Å²) in [6, 6.07) is 3.52. The van der Waals surface area contributed by atoms with Gasteiger partial charge in [-0.05, 0) is 45.0 Å². The number of hydrogen-bond donors (Lipinski definition) is 1. The highest BCUT2D eigenvalue weighted by Gasteiger charge is 2.28. The SMILES string of the molecule is CNC(=O)C1CCN(C(C)c2ccc(C(=O)OC)o2)CC1. The molecule has 0 radical (unpaired) electrons. The van der Waals surface area contributed by atoms with Crippen LogP contribution in [0.4, 0.5) is 0 Å². The standard InChI is InChI=1S/C15H22N2O4/c1-10(12-4-5-13(21-12)15(19)20-3)17-8-6-11(7-9-17)14(18)16-2/h4-5,10-11H,6-9H2,1-3H3,(H,16,18). The number of likely N-dealkylation sites (tertiary alicyclic amines) is 1. The minimum absolute atomic E-state index is 0.0778. The van der Waals surface area contributed by atoms with Crippen molar-refractivity contribution in [2.45, 2.75) is 25.8 Å². The van der Waals surface area contributed by atoms with Crippen molar-refractivity contribution >= 4 is 11.9 Å². The third-order valence-corrected chi connectivity index (χ3v) is 4.12. The van der Waals surface area contributed by atoms with Gasteiger partial charge in [0.1, 0.15) is 5.76 Å². The molecule has 116 valence electrons. The maximum atomic E-state index is 11.6. The van der Waals surface area contributed by atoms with E-state index in [9.17, 15) is 9.59 Å². The van der Waals surface area contributed by atoms with Crippen LogP contribution in [0.5, 0.6) is 0 Å². The number of methoxy groups -OCH3 is 1. The first kappa shape index (κ1) is 15.6. The summed E-state index contributed by atoms with van der Waals surface area (Å²) in [6.45, 7) is 3.72. The number of nitrogens with one attached hydrogen (secondary N) is 1. The fraction of sp³-hybridized carbons (Fsp3) is 0.600. The van der Waals surface area contributed by atoms with E-state index in [-0.39, 0.29) is 23.6 Å². The van der Waals surface area contributed by atoms with Gasteiger partial charge in [-0.3, -0.25) is 9.69 Å². The van der Waals surface area contributed by atoms with E-state index >= 15 is 0 Å². The van der Waals surface area contributed by atoms with Crippen molar-refractivity contribution in [2.24, 2.45) is 5.92 Å². The van der Waals surface area contributed by atoms with E-state index in [0.29, 0.717) is 0 Å². The molecule has 1 aromatic heterocycles. The van der Waals surface area contributed by atoms with E-state index in [0.717, 1.165) is 31.7 Å². The average molecular weight is 294 g/mol. The van der Waals surface area contributed by atoms with Crippen molar-refractivity contribution in [3.63, 3.8) is 0 Å². The Balaban J connectivity index is 1.95. The summed E-state index contributed by atoms with van der Waals surface area (Å²) in [7, 11) is 3.01. The summed E-state index contributed by atoms with van der Waals surface area (Å²) in [4.78, 5) is 25.3. The van der Waals surface area contributed by atoms with Crippen molar-refractivity contribution in [1.82, 2.24) is 10.2 Å². The molecule has 0 bridgehead atoms. The third-order valence-electron chi connectivity index (χ3n) is 4.12. The minimum atomic E-state index is -0.466. The molecule has 1 N–H and O–H groups in total. The van der Waals surface area contributed by atoms with Crippen molar-refractivity contribution in [1.29, 1.82) is 0 Å². The molecule has 2 rings (SSSR count). The Hall–Kier alpha value is -1.82. The van der Waals surface area contributed by atoms with Gasteiger partial charge in [0.05, 0.1) is 13.2 Å². The number of nitrogens with zero attached hydrogens (tertiary/aromatic N) is 1. The molecule has 1 fully saturated rings. The number of hydrogen-bond acceptors (Lipinski definition) is 5. The number of carbonyl (C=O) groups is 2. The Morgan fingerprint density at radius 3 is 2.62 bits per heavy atom. The largest absolute Gasteiger partial charge is 0.463 e. The van der Waals surface area contributed by atoms with E-state index in [1.54, 1.807) is 13.1 Å². The number of piperidine rings is 1. The smallest absolute Gasteiger partial charge is 0.373 e. The Kier molecular flexibility index (Phi) is 5.01. The molecular formula is C15H22N2O4. The lowest BCUT2D eigenvalue weighted by Gasteiger charge is -2.34. The highest BCUT2D eigenvalue weighted by Crippen LogP contribution is 2.28. The molecule has 6 heteroatoms. The van der Waals surface area contributed by atoms with Crippen molar-refractivity contribution < 1.29 is 18.7 Å². The highest BCUT2D eigenvalue weighted by molar-refractivity contribution is 5.86. The Morgan fingerprint density at radius 1 is 1.38 bits per heavy atom. The lowest BCUT2D eigenvalue weighted by molar-refractivity contribution is -0.126. The zero-order valence-corrected chi connectivity index (χ0v) is 12.7. The van der Waals surface area contributed by atoms with Crippen LogP contribution in [0.3, 0.4) is 0 Å². The zero-order chi connectivity index (χ0) is 15.4. The molecule has 1 aliphatic rings. The first-order chi connectivity index (χ1) is 10.1. The van der Waals surface area contributed by atoms with Gasteiger partial charge in [-0.15, -0.1) is 0 Å². The fourth-order valence-corrected chi connectivity index (χ4v) is 2.72. The van der Waals surface area contributed by atoms with Crippen molar-refractivity contribution in [3.05, 3.63) is 23.7 Å². The van der Waals surface area contributed by atoms with Crippen LogP contribution in [0.15, 0.2) is 16.5 Å². The quantitative estimate of drug-likeness (QED) is 0.854. The second kappa shape index (κ2) is 6.76. The normalized spacial score (nSPS) is 18.2. The van der Waals surface area contributed by atoms with Gasteiger partial charge in [0.15, 0.2) is 0 Å². The number of carbonyl (C=O) groups excluding carboxylic acids is 2. The molecular weight excluding hydrogens is 272 g/mol. The summed E-state index contributed by atoms with van der Waals surface area (Å²) < 4.78 is 10.2. The second-order valence-electron chi connectivity index (χ2n) is 5.29. The van der Waals surface area contributed by atoms with Crippen LogP contribution in [0.2, 0.25) is 0 Å². The van der Waals surface area contributed by atoms with Crippen LogP contribution >= 0.6 is 0 Å². The monoisotopic (exact) mass is 294 g/mol. The van der Waals surface area contributed by atoms with Crippen LogP contribution in [-0.2, 0) is 9.53 Å². The summed E-state index contributed by atoms with van der Waals surface area (Å²) in [5.41, 5.74) is 0. The van der Waals surface area contributed by atoms with Crippen LogP contribution in [-0.4, -0.2) is 44.0 Å². The van der Waals surface area contributed by atoms with Gasteiger partial charge in [0.25, 0.3) is 0 Å². The van der Waals surface area contributed by atoms with Gasteiger partial charge in [-0.1, -0.05) is 0 Å². The van der Waals surface area contributed by atoms with E-state index in [2.05, 4.69) is 15.0 Å². The van der Waals surface area contributed by atoms with E-state index in [1.807, 2.05) is 13.0 Å². The molecule has 6 nitrogen and oxygen atoms in total. The molecule has 0 aromatic carbocycles.